The molecule has 1 aromatic heterocycles. The molecule has 3 aromatic rings. The number of nitrogens with one attached hydrogen (secondary N) is 1. The summed E-state index contributed by atoms with van der Waals surface area (Å²) >= 11 is 0. The number of hydrogen-bond donors (Lipinski definition) is 1. The van der Waals surface area contributed by atoms with Gasteiger partial charge >= 0.3 is 5.69 Å². The maximum Gasteiger partial charge on any atom is 0.315 e. The van der Waals surface area contributed by atoms with Crippen molar-refractivity contribution in [3.05, 3.63) is 34.4 Å². The lowest BCUT2D eigenvalue weighted by Gasteiger charge is -2.12. The van der Waals surface area contributed by atoms with E-state index in [1.807, 2.05) is 6.92 Å². The molecule has 0 aliphatic rings. The first-order valence-corrected chi connectivity index (χ1v) is 9.13. The first-order chi connectivity index (χ1) is 14.0. The van der Waals surface area contributed by atoms with Crippen LogP contribution in [0.2, 0.25) is 0 Å². The van der Waals surface area contributed by atoms with Gasteiger partial charge in [-0.05, 0) is 12.5 Å². The van der Waals surface area contributed by atoms with E-state index in [1.54, 1.807) is 32.4 Å². The van der Waals surface area contributed by atoms with Gasteiger partial charge in [0.2, 0.25) is 5.75 Å². The van der Waals surface area contributed by atoms with Gasteiger partial charge in [0.15, 0.2) is 17.2 Å². The van der Waals surface area contributed by atoms with Crippen LogP contribution < -0.4 is 18.9 Å². The van der Waals surface area contributed by atoms with Crippen molar-refractivity contribution >= 4 is 16.7 Å². The first kappa shape index (κ1) is 20.2. The van der Waals surface area contributed by atoms with E-state index in [0.29, 0.717) is 40.5 Å². The Balaban J connectivity index is 2.10. The number of imidazole rings is 1. The Morgan fingerprint density at radius 1 is 1.03 bits per heavy atom. The molecular formula is C20H23N3O6. The summed E-state index contributed by atoms with van der Waals surface area (Å²) in [5.74, 6) is 1.95. The molecule has 1 N–H and O–H groups in total. The number of unbranched alkanes of at least 4 members (excludes halogenated alkanes) is 1. The van der Waals surface area contributed by atoms with Crippen LogP contribution in [0, 0.1) is 10.1 Å². The van der Waals surface area contributed by atoms with Crippen LogP contribution in [-0.4, -0.2) is 42.8 Å². The summed E-state index contributed by atoms with van der Waals surface area (Å²) in [5.41, 5.74) is 1.68. The Morgan fingerprint density at radius 2 is 1.72 bits per heavy atom. The van der Waals surface area contributed by atoms with E-state index >= 15 is 0 Å². The third kappa shape index (κ3) is 4.03. The van der Waals surface area contributed by atoms with E-state index in [4.69, 9.17) is 18.9 Å². The van der Waals surface area contributed by atoms with Crippen LogP contribution in [0.1, 0.15) is 19.8 Å². The number of methoxy groups -OCH3 is 3. The topological polar surface area (TPSA) is 109 Å². The van der Waals surface area contributed by atoms with Crippen molar-refractivity contribution in [3.8, 4) is 34.4 Å². The molecule has 0 aliphatic heterocycles. The molecule has 0 aliphatic carbocycles. The minimum absolute atomic E-state index is 0.120. The van der Waals surface area contributed by atoms with Crippen LogP contribution in [0.3, 0.4) is 0 Å². The fourth-order valence-electron chi connectivity index (χ4n) is 2.95. The molecule has 0 saturated carbocycles. The monoisotopic (exact) mass is 401 g/mol. The molecule has 0 bridgehead atoms. The minimum Gasteiger partial charge on any atom is -0.493 e. The van der Waals surface area contributed by atoms with Gasteiger partial charge in [-0.1, -0.05) is 13.3 Å². The zero-order valence-corrected chi connectivity index (χ0v) is 16.8. The second-order valence-corrected chi connectivity index (χ2v) is 6.30. The molecule has 0 fully saturated rings. The number of nitrogens with zero attached hydrogens (tertiary/aromatic N) is 2. The van der Waals surface area contributed by atoms with Gasteiger partial charge < -0.3 is 23.9 Å². The second-order valence-electron chi connectivity index (χ2n) is 6.30. The zero-order chi connectivity index (χ0) is 21.0. The van der Waals surface area contributed by atoms with E-state index in [1.165, 1.54) is 13.2 Å². The van der Waals surface area contributed by atoms with Gasteiger partial charge in [0.25, 0.3) is 0 Å². The highest BCUT2D eigenvalue weighted by Crippen LogP contribution is 2.41. The second kappa shape index (κ2) is 8.68. The number of H-pyrrole nitrogens is 1. The van der Waals surface area contributed by atoms with Gasteiger partial charge in [-0.2, -0.15) is 0 Å². The molecule has 0 amide bonds. The SMILES string of the molecule is CCCCOc1c(OC)cc(-c2nc3cc(OC)c(OC)cc3[nH]2)cc1[N+](=O)[O-]. The average Bonchev–Trinajstić information content (AvgIpc) is 3.15. The number of hydrogen-bond acceptors (Lipinski definition) is 7. The molecule has 2 aromatic carbocycles. The molecule has 154 valence electrons. The van der Waals surface area contributed by atoms with Gasteiger partial charge in [0, 0.05) is 23.8 Å². The minimum atomic E-state index is -0.484. The lowest BCUT2D eigenvalue weighted by atomic mass is 10.1. The van der Waals surface area contributed by atoms with E-state index in [-0.39, 0.29) is 17.2 Å². The molecule has 3 rings (SSSR count). The van der Waals surface area contributed by atoms with E-state index < -0.39 is 4.92 Å². The molecule has 29 heavy (non-hydrogen) atoms. The van der Waals surface area contributed by atoms with E-state index in [2.05, 4.69) is 9.97 Å². The smallest absolute Gasteiger partial charge is 0.315 e. The lowest BCUT2D eigenvalue weighted by molar-refractivity contribution is -0.385. The summed E-state index contributed by atoms with van der Waals surface area (Å²) < 4.78 is 21.6. The van der Waals surface area contributed by atoms with Crippen molar-refractivity contribution in [1.29, 1.82) is 0 Å². The summed E-state index contributed by atoms with van der Waals surface area (Å²) in [6.07, 6.45) is 1.70. The molecule has 0 radical (unpaired) electrons. The number of fused-ring (bicyclic) bond motifs is 1. The van der Waals surface area contributed by atoms with Crippen LogP contribution in [0.15, 0.2) is 24.3 Å². The number of rotatable bonds is 9. The quantitative estimate of drug-likeness (QED) is 0.323. The third-order valence-electron chi connectivity index (χ3n) is 4.46. The molecule has 0 unspecified atom stereocenters. The van der Waals surface area contributed by atoms with Crippen LogP contribution >= 0.6 is 0 Å². The number of nitro groups is 1. The van der Waals surface area contributed by atoms with Crippen molar-refractivity contribution in [3.63, 3.8) is 0 Å². The van der Waals surface area contributed by atoms with Crippen LogP contribution in [0.5, 0.6) is 23.0 Å². The summed E-state index contributed by atoms with van der Waals surface area (Å²) in [4.78, 5) is 18.9. The van der Waals surface area contributed by atoms with Crippen molar-refractivity contribution in [2.75, 3.05) is 27.9 Å². The summed E-state index contributed by atoms with van der Waals surface area (Å²) in [5, 5.41) is 11.7. The Bertz CT molecular complexity index is 990. The highest BCUT2D eigenvalue weighted by molar-refractivity contribution is 5.84. The predicted molar refractivity (Wildman–Crippen MR) is 108 cm³/mol. The maximum atomic E-state index is 11.7. The zero-order valence-electron chi connectivity index (χ0n) is 16.8. The molecular weight excluding hydrogens is 378 g/mol. The normalized spacial score (nSPS) is 10.8. The number of nitro benzene ring substituents is 1. The standard InChI is InChI=1S/C20H23N3O6/c1-5-6-7-29-19-15(23(24)25)8-12(9-18(19)28-4)20-21-13-10-16(26-2)17(27-3)11-14(13)22-20/h8-11H,5-7H2,1-4H3,(H,21,22). The molecule has 0 saturated heterocycles. The molecule has 1 heterocycles. The predicted octanol–water partition coefficient (Wildman–Crippen LogP) is 4.34. The van der Waals surface area contributed by atoms with Gasteiger partial charge in [0.05, 0.1) is 43.9 Å². The van der Waals surface area contributed by atoms with Gasteiger partial charge in [-0.15, -0.1) is 0 Å². The summed E-state index contributed by atoms with van der Waals surface area (Å²) in [6.45, 7) is 2.39. The number of aromatic nitrogens is 2. The summed E-state index contributed by atoms with van der Waals surface area (Å²) in [7, 11) is 4.54. The molecule has 9 nitrogen and oxygen atoms in total. The Morgan fingerprint density at radius 3 is 2.34 bits per heavy atom. The first-order valence-electron chi connectivity index (χ1n) is 9.13. The number of aromatic amines is 1. The van der Waals surface area contributed by atoms with Crippen LogP contribution in [-0.2, 0) is 0 Å². The van der Waals surface area contributed by atoms with Crippen molar-refractivity contribution in [1.82, 2.24) is 9.97 Å². The fraction of sp³-hybridized carbons (Fsp3) is 0.350. The largest absolute Gasteiger partial charge is 0.493 e. The molecule has 0 spiro atoms. The van der Waals surface area contributed by atoms with Crippen molar-refractivity contribution < 1.29 is 23.9 Å². The van der Waals surface area contributed by atoms with Gasteiger partial charge in [-0.3, -0.25) is 10.1 Å². The summed E-state index contributed by atoms with van der Waals surface area (Å²) in [6, 6.07) is 6.59. The van der Waals surface area contributed by atoms with Crippen molar-refractivity contribution in [2.45, 2.75) is 19.8 Å². The Labute approximate surface area is 167 Å². The maximum absolute atomic E-state index is 11.7. The van der Waals surface area contributed by atoms with E-state index in [0.717, 1.165) is 12.8 Å². The number of benzene rings is 2. The highest BCUT2D eigenvalue weighted by atomic mass is 16.6. The van der Waals surface area contributed by atoms with Crippen LogP contribution in [0.25, 0.3) is 22.4 Å². The van der Waals surface area contributed by atoms with Gasteiger partial charge in [-0.25, -0.2) is 4.98 Å². The lowest BCUT2D eigenvalue weighted by Crippen LogP contribution is -2.03. The fourth-order valence-corrected chi connectivity index (χ4v) is 2.95. The number of ether oxygens (including phenoxy) is 4. The highest BCUT2D eigenvalue weighted by Gasteiger charge is 2.24. The van der Waals surface area contributed by atoms with E-state index in [9.17, 15) is 10.1 Å². The molecule has 0 atom stereocenters. The van der Waals surface area contributed by atoms with Gasteiger partial charge in [0.1, 0.15) is 5.82 Å². The third-order valence-corrected chi connectivity index (χ3v) is 4.46. The molecule has 9 heteroatoms. The van der Waals surface area contributed by atoms with Crippen LogP contribution in [0.4, 0.5) is 5.69 Å². The average molecular weight is 401 g/mol. The Kier molecular flexibility index (Phi) is 6.06. The Hall–Kier alpha value is -3.49. The van der Waals surface area contributed by atoms with Crippen molar-refractivity contribution in [2.24, 2.45) is 0 Å².